The van der Waals surface area contributed by atoms with Crippen molar-refractivity contribution in [3.8, 4) is 11.5 Å². The molecule has 2 aliphatic rings. The molecular weight excluding hydrogens is 394 g/mol. The van der Waals surface area contributed by atoms with Crippen LogP contribution < -0.4 is 15.4 Å². The number of ether oxygens (including phenoxy) is 1. The fourth-order valence-electron chi connectivity index (χ4n) is 4.23. The van der Waals surface area contributed by atoms with Gasteiger partial charge >= 0.3 is 6.03 Å². The van der Waals surface area contributed by atoms with Gasteiger partial charge in [0.15, 0.2) is 0 Å². The summed E-state index contributed by atoms with van der Waals surface area (Å²) in [7, 11) is 0. The van der Waals surface area contributed by atoms with Crippen molar-refractivity contribution in [3.63, 3.8) is 0 Å². The van der Waals surface area contributed by atoms with Crippen molar-refractivity contribution in [2.24, 2.45) is 0 Å². The molecule has 1 spiro atoms. The highest BCUT2D eigenvalue weighted by Gasteiger charge is 2.51. The molecule has 1 aliphatic heterocycles. The van der Waals surface area contributed by atoms with Gasteiger partial charge in [-0.1, -0.05) is 43.2 Å². The average molecular weight is 421 g/mol. The molecule has 4 amide bonds. The Morgan fingerprint density at radius 1 is 1.03 bits per heavy atom. The zero-order valence-corrected chi connectivity index (χ0v) is 17.4. The monoisotopic (exact) mass is 421 g/mol. The predicted octanol–water partition coefficient (Wildman–Crippen LogP) is 3.74. The Kier molecular flexibility index (Phi) is 6.21. The van der Waals surface area contributed by atoms with Crippen LogP contribution in [0.5, 0.6) is 11.5 Å². The van der Waals surface area contributed by atoms with E-state index in [2.05, 4.69) is 10.6 Å². The average Bonchev–Trinajstić information content (AvgIpc) is 3.33. The number of hydrogen-bond donors (Lipinski definition) is 2. The van der Waals surface area contributed by atoms with Crippen molar-refractivity contribution in [2.45, 2.75) is 50.6 Å². The number of rotatable bonds is 8. The smallest absolute Gasteiger partial charge is 0.325 e. The van der Waals surface area contributed by atoms with Gasteiger partial charge in [-0.15, -0.1) is 0 Å². The molecule has 7 nitrogen and oxygen atoms in total. The molecular formula is C24H27N3O4. The molecule has 4 rings (SSSR count). The molecule has 0 atom stereocenters. The van der Waals surface area contributed by atoms with Gasteiger partial charge in [0.05, 0.1) is 0 Å². The Hall–Kier alpha value is -3.35. The van der Waals surface area contributed by atoms with E-state index in [9.17, 15) is 14.4 Å². The fraction of sp³-hybridized carbons (Fsp3) is 0.375. The van der Waals surface area contributed by atoms with Gasteiger partial charge in [-0.3, -0.25) is 14.5 Å². The van der Waals surface area contributed by atoms with E-state index in [0.717, 1.165) is 24.2 Å². The Morgan fingerprint density at radius 3 is 2.55 bits per heavy atom. The normalized spacial score (nSPS) is 17.1. The van der Waals surface area contributed by atoms with Crippen molar-refractivity contribution in [3.05, 3.63) is 60.2 Å². The van der Waals surface area contributed by atoms with E-state index < -0.39 is 5.54 Å². The Bertz CT molecular complexity index is 954. The lowest BCUT2D eigenvalue weighted by atomic mass is 9.98. The van der Waals surface area contributed by atoms with Crippen molar-refractivity contribution >= 4 is 17.8 Å². The van der Waals surface area contributed by atoms with Crippen LogP contribution in [0, 0.1) is 0 Å². The number of hydrogen-bond acceptors (Lipinski definition) is 4. The molecule has 7 heteroatoms. The maximum absolute atomic E-state index is 12.6. The van der Waals surface area contributed by atoms with E-state index >= 15 is 0 Å². The zero-order chi connectivity index (χ0) is 21.7. The quantitative estimate of drug-likeness (QED) is 0.636. The minimum Gasteiger partial charge on any atom is -0.457 e. The molecule has 0 radical (unpaired) electrons. The van der Waals surface area contributed by atoms with E-state index in [1.165, 1.54) is 4.90 Å². The molecule has 0 aromatic heterocycles. The van der Waals surface area contributed by atoms with Gasteiger partial charge in [-0.2, -0.15) is 0 Å². The number of amides is 4. The fourth-order valence-corrected chi connectivity index (χ4v) is 4.23. The molecule has 2 aromatic carbocycles. The van der Waals surface area contributed by atoms with Gasteiger partial charge in [0.1, 0.15) is 17.0 Å². The summed E-state index contributed by atoms with van der Waals surface area (Å²) in [6, 6.07) is 16.7. The third-order valence-corrected chi connectivity index (χ3v) is 5.86. The van der Waals surface area contributed by atoms with E-state index in [1.54, 1.807) is 0 Å². The lowest BCUT2D eigenvalue weighted by molar-refractivity contribution is -0.131. The van der Waals surface area contributed by atoms with Gasteiger partial charge in [0, 0.05) is 19.5 Å². The molecule has 0 unspecified atom stereocenters. The van der Waals surface area contributed by atoms with Gasteiger partial charge in [0.2, 0.25) is 5.91 Å². The zero-order valence-electron chi connectivity index (χ0n) is 17.4. The van der Waals surface area contributed by atoms with Gasteiger partial charge < -0.3 is 15.4 Å². The second-order valence-electron chi connectivity index (χ2n) is 8.12. The molecule has 1 saturated heterocycles. The molecule has 2 fully saturated rings. The molecule has 2 N–H and O–H groups in total. The van der Waals surface area contributed by atoms with Crippen LogP contribution in [-0.2, 0) is 16.1 Å². The minimum atomic E-state index is -0.688. The van der Waals surface area contributed by atoms with Crippen LogP contribution in [0.15, 0.2) is 54.6 Å². The maximum atomic E-state index is 12.6. The lowest BCUT2D eigenvalue weighted by Gasteiger charge is -2.19. The number of benzene rings is 2. The van der Waals surface area contributed by atoms with Crippen LogP contribution in [0.25, 0.3) is 0 Å². The van der Waals surface area contributed by atoms with Crippen LogP contribution in [0.2, 0.25) is 0 Å². The molecule has 31 heavy (non-hydrogen) atoms. The summed E-state index contributed by atoms with van der Waals surface area (Å²) in [6.45, 7) is 0.650. The first kappa shape index (κ1) is 20.9. The summed E-state index contributed by atoms with van der Waals surface area (Å²) >= 11 is 0. The van der Waals surface area contributed by atoms with Gasteiger partial charge in [0.25, 0.3) is 5.91 Å². The first-order valence-corrected chi connectivity index (χ1v) is 10.8. The number of imide groups is 1. The van der Waals surface area contributed by atoms with Crippen molar-refractivity contribution in [1.82, 2.24) is 15.5 Å². The van der Waals surface area contributed by atoms with E-state index in [1.807, 2.05) is 54.6 Å². The summed E-state index contributed by atoms with van der Waals surface area (Å²) in [5.41, 5.74) is 0.241. The standard InChI is InChI=1S/C24H27N3O4/c28-21(12-7-15-27-22(29)24(26-23(27)30)13-4-5-14-24)25-17-18-8-6-11-20(16-18)31-19-9-2-1-3-10-19/h1-3,6,8-11,16H,4-5,7,12-15,17H2,(H,25,28)(H,26,30). The summed E-state index contributed by atoms with van der Waals surface area (Å²) in [5.74, 6) is 1.21. The minimum absolute atomic E-state index is 0.114. The first-order chi connectivity index (χ1) is 15.1. The number of nitrogens with zero attached hydrogens (tertiary/aromatic N) is 1. The number of carbonyl (C=O) groups is 3. The number of carbonyl (C=O) groups excluding carboxylic acids is 3. The van der Waals surface area contributed by atoms with Crippen LogP contribution >= 0.6 is 0 Å². The summed E-state index contributed by atoms with van der Waals surface area (Å²) in [4.78, 5) is 38.3. The highest BCUT2D eigenvalue weighted by molar-refractivity contribution is 6.07. The summed E-state index contributed by atoms with van der Waals surface area (Å²) in [6.07, 6.45) is 4.03. The van der Waals surface area contributed by atoms with Crippen molar-refractivity contribution in [1.29, 1.82) is 0 Å². The second-order valence-corrected chi connectivity index (χ2v) is 8.12. The van der Waals surface area contributed by atoms with Crippen LogP contribution in [0.4, 0.5) is 4.79 Å². The van der Waals surface area contributed by atoms with Crippen molar-refractivity contribution < 1.29 is 19.1 Å². The lowest BCUT2D eigenvalue weighted by Crippen LogP contribution is -2.44. The highest BCUT2D eigenvalue weighted by atomic mass is 16.5. The Balaban J connectivity index is 1.22. The van der Waals surface area contributed by atoms with Crippen LogP contribution in [-0.4, -0.2) is 34.8 Å². The number of nitrogens with one attached hydrogen (secondary N) is 2. The van der Waals surface area contributed by atoms with E-state index in [4.69, 9.17) is 4.74 Å². The van der Waals surface area contributed by atoms with E-state index in [-0.39, 0.29) is 30.8 Å². The SMILES string of the molecule is O=C(CCCN1C(=O)NC2(CCCC2)C1=O)NCc1cccc(Oc2ccccc2)c1. The van der Waals surface area contributed by atoms with Crippen LogP contribution in [0.3, 0.4) is 0 Å². The Morgan fingerprint density at radius 2 is 1.77 bits per heavy atom. The van der Waals surface area contributed by atoms with Gasteiger partial charge in [-0.05, 0) is 49.1 Å². The number of urea groups is 1. The van der Waals surface area contributed by atoms with E-state index in [0.29, 0.717) is 31.6 Å². The molecule has 1 saturated carbocycles. The second kappa shape index (κ2) is 9.20. The maximum Gasteiger partial charge on any atom is 0.325 e. The molecule has 1 heterocycles. The molecule has 1 aliphatic carbocycles. The third kappa shape index (κ3) is 4.87. The summed E-state index contributed by atoms with van der Waals surface area (Å²) in [5, 5.41) is 5.75. The highest BCUT2D eigenvalue weighted by Crippen LogP contribution is 2.35. The summed E-state index contributed by atoms with van der Waals surface area (Å²) < 4.78 is 5.82. The van der Waals surface area contributed by atoms with Crippen LogP contribution in [0.1, 0.15) is 44.1 Å². The van der Waals surface area contributed by atoms with Crippen molar-refractivity contribution in [2.75, 3.05) is 6.54 Å². The Labute approximate surface area is 181 Å². The molecule has 2 aromatic rings. The molecule has 0 bridgehead atoms. The molecule has 162 valence electrons. The number of para-hydroxylation sites is 1. The topological polar surface area (TPSA) is 87.7 Å². The third-order valence-electron chi connectivity index (χ3n) is 5.86. The first-order valence-electron chi connectivity index (χ1n) is 10.8. The largest absolute Gasteiger partial charge is 0.457 e. The predicted molar refractivity (Wildman–Crippen MR) is 115 cm³/mol. The van der Waals surface area contributed by atoms with Gasteiger partial charge in [-0.25, -0.2) is 4.79 Å².